The Morgan fingerprint density at radius 1 is 1.07 bits per heavy atom. The van der Waals surface area contributed by atoms with Crippen molar-refractivity contribution in [3.05, 3.63) is 69.7 Å². The minimum Gasteiger partial charge on any atom is -0.396 e. The molecule has 0 unspecified atom stereocenters. The second-order valence-corrected chi connectivity index (χ2v) is 7.58. The summed E-state index contributed by atoms with van der Waals surface area (Å²) in [7, 11) is 0. The molecule has 1 fully saturated rings. The fourth-order valence-electron chi connectivity index (χ4n) is 3.40. The van der Waals surface area contributed by atoms with Crippen LogP contribution in [0.25, 0.3) is 0 Å². The molecule has 0 spiro atoms. The highest BCUT2D eigenvalue weighted by atomic mass is 35.5. The fraction of sp³-hybridized carbons (Fsp3) is 0.409. The van der Waals surface area contributed by atoms with Crippen molar-refractivity contribution >= 4 is 17.8 Å². The number of hydrogen-bond donors (Lipinski definition) is 4. The monoisotopic (exact) mass is 435 g/mol. The van der Waals surface area contributed by atoms with E-state index in [0.29, 0.717) is 23.6 Å². The molecule has 1 aliphatic heterocycles. The van der Waals surface area contributed by atoms with Crippen molar-refractivity contribution in [2.45, 2.75) is 43.9 Å². The van der Waals surface area contributed by atoms with E-state index in [2.05, 4.69) is 5.16 Å². The van der Waals surface area contributed by atoms with Crippen LogP contribution in [0.15, 0.2) is 47.6 Å². The van der Waals surface area contributed by atoms with E-state index in [1.54, 1.807) is 24.4 Å². The maximum atomic E-state index is 10.4. The van der Waals surface area contributed by atoms with Crippen LogP contribution >= 0.6 is 11.6 Å². The number of oxime groups is 1. The lowest BCUT2D eigenvalue weighted by molar-refractivity contribution is -0.231. The number of aliphatic hydroxyl groups excluding tert-OH is 4. The van der Waals surface area contributed by atoms with E-state index in [1.165, 1.54) is 0 Å². The summed E-state index contributed by atoms with van der Waals surface area (Å²) in [6, 6.07) is 13.0. The van der Waals surface area contributed by atoms with Crippen molar-refractivity contribution < 1.29 is 30.0 Å². The van der Waals surface area contributed by atoms with Gasteiger partial charge in [0.1, 0.15) is 37.1 Å². The molecule has 0 saturated carbocycles. The Kier molecular flexibility index (Phi) is 7.82. The first kappa shape index (κ1) is 22.7. The van der Waals surface area contributed by atoms with Gasteiger partial charge in [-0.3, -0.25) is 0 Å². The van der Waals surface area contributed by atoms with Gasteiger partial charge in [0, 0.05) is 5.02 Å². The average Bonchev–Trinajstić information content (AvgIpc) is 2.75. The number of halogens is 1. The van der Waals surface area contributed by atoms with Crippen LogP contribution in [0.2, 0.25) is 5.02 Å². The van der Waals surface area contributed by atoms with Gasteiger partial charge in [-0.25, -0.2) is 0 Å². The Balaban J connectivity index is 1.78. The molecule has 0 bridgehead atoms. The second kappa shape index (κ2) is 10.3. The standard InChI is InChI=1S/C22H26ClNO6/c1-2-29-24-11-14-5-3-13(4-6-14)9-16-10-15(7-8-17(16)23)22-21(28)20(27)19(26)18(12-25)30-22/h3-8,10-11,18-22,25-28H,2,9,12H2,1H3/b24-11+/t18-,19-,20+,21-,22+/m1/s1. The summed E-state index contributed by atoms with van der Waals surface area (Å²) in [4.78, 5) is 4.96. The first-order chi connectivity index (χ1) is 14.4. The molecule has 2 aromatic carbocycles. The normalized spacial score (nSPS) is 26.8. The van der Waals surface area contributed by atoms with Crippen LogP contribution in [-0.4, -0.2) is 64.3 Å². The number of hydrogen-bond acceptors (Lipinski definition) is 7. The van der Waals surface area contributed by atoms with Crippen molar-refractivity contribution in [2.24, 2.45) is 5.16 Å². The van der Waals surface area contributed by atoms with Gasteiger partial charge in [0.2, 0.25) is 0 Å². The summed E-state index contributed by atoms with van der Waals surface area (Å²) < 4.78 is 5.64. The van der Waals surface area contributed by atoms with Gasteiger partial charge in [-0.1, -0.05) is 53.2 Å². The fourth-order valence-corrected chi connectivity index (χ4v) is 3.58. The summed E-state index contributed by atoms with van der Waals surface area (Å²) in [6.07, 6.45) is -3.82. The molecule has 4 N–H and O–H groups in total. The van der Waals surface area contributed by atoms with Crippen LogP contribution in [0.1, 0.15) is 35.3 Å². The zero-order valence-corrected chi connectivity index (χ0v) is 17.3. The van der Waals surface area contributed by atoms with Crippen molar-refractivity contribution in [2.75, 3.05) is 13.2 Å². The van der Waals surface area contributed by atoms with E-state index in [0.717, 1.165) is 16.7 Å². The second-order valence-electron chi connectivity index (χ2n) is 7.17. The first-order valence-corrected chi connectivity index (χ1v) is 10.2. The molecular formula is C22H26ClNO6. The molecule has 1 aliphatic rings. The Bertz CT molecular complexity index is 857. The number of rotatable bonds is 7. The maximum Gasteiger partial charge on any atom is 0.114 e. The predicted molar refractivity (Wildman–Crippen MR) is 113 cm³/mol. The number of benzene rings is 2. The van der Waals surface area contributed by atoms with Gasteiger partial charge in [0.15, 0.2) is 0 Å². The van der Waals surface area contributed by atoms with E-state index in [1.807, 2.05) is 31.2 Å². The zero-order valence-electron chi connectivity index (χ0n) is 16.6. The third-order valence-electron chi connectivity index (χ3n) is 5.07. The highest BCUT2D eigenvalue weighted by molar-refractivity contribution is 6.31. The Morgan fingerprint density at radius 3 is 2.47 bits per heavy atom. The van der Waals surface area contributed by atoms with E-state index in [-0.39, 0.29) is 0 Å². The van der Waals surface area contributed by atoms with Crippen LogP contribution in [0.3, 0.4) is 0 Å². The lowest BCUT2D eigenvalue weighted by atomic mass is 9.90. The summed E-state index contributed by atoms with van der Waals surface area (Å²) >= 11 is 6.37. The lowest BCUT2D eigenvalue weighted by Crippen LogP contribution is -2.55. The van der Waals surface area contributed by atoms with Crippen molar-refractivity contribution in [1.29, 1.82) is 0 Å². The Labute approximate surface area is 180 Å². The van der Waals surface area contributed by atoms with Gasteiger partial charge in [0.25, 0.3) is 0 Å². The molecule has 8 heteroatoms. The van der Waals surface area contributed by atoms with E-state index < -0.39 is 37.1 Å². The molecule has 7 nitrogen and oxygen atoms in total. The molecule has 1 saturated heterocycles. The molecule has 162 valence electrons. The minimum atomic E-state index is -1.43. The molecule has 0 aromatic heterocycles. The number of ether oxygens (including phenoxy) is 1. The van der Waals surface area contributed by atoms with Crippen LogP contribution in [0.5, 0.6) is 0 Å². The van der Waals surface area contributed by atoms with Crippen molar-refractivity contribution in [3.8, 4) is 0 Å². The summed E-state index contributed by atoms with van der Waals surface area (Å²) in [5.74, 6) is 0. The molecule has 1 heterocycles. The van der Waals surface area contributed by atoms with Crippen molar-refractivity contribution in [3.63, 3.8) is 0 Å². The summed E-state index contributed by atoms with van der Waals surface area (Å²) in [6.45, 7) is 1.90. The molecule has 30 heavy (non-hydrogen) atoms. The predicted octanol–water partition coefficient (Wildman–Crippen LogP) is 1.82. The molecule has 2 aromatic rings. The van der Waals surface area contributed by atoms with Crippen LogP contribution < -0.4 is 0 Å². The maximum absolute atomic E-state index is 10.4. The van der Waals surface area contributed by atoms with Crippen molar-refractivity contribution in [1.82, 2.24) is 0 Å². The first-order valence-electron chi connectivity index (χ1n) is 9.77. The van der Waals surface area contributed by atoms with E-state index in [9.17, 15) is 20.4 Å². The van der Waals surface area contributed by atoms with Gasteiger partial charge in [-0.05, 0) is 41.7 Å². The third-order valence-corrected chi connectivity index (χ3v) is 5.44. The molecule has 0 aliphatic carbocycles. The molecule has 5 atom stereocenters. The largest absolute Gasteiger partial charge is 0.396 e. The smallest absolute Gasteiger partial charge is 0.114 e. The van der Waals surface area contributed by atoms with Gasteiger partial charge in [0.05, 0.1) is 12.8 Å². The molecule has 0 amide bonds. The topological polar surface area (TPSA) is 112 Å². The Hall–Kier alpha value is -2.00. The number of aliphatic hydroxyl groups is 4. The van der Waals surface area contributed by atoms with Gasteiger partial charge in [-0.2, -0.15) is 0 Å². The SMILES string of the molecule is CCO/N=C/c1ccc(Cc2cc([C@@H]3O[C@H](CO)[C@@H](O)[C@H](O)[C@H]3O)ccc2Cl)cc1. The molecule has 3 rings (SSSR count). The van der Waals surface area contributed by atoms with Gasteiger partial charge in [-0.15, -0.1) is 0 Å². The molecule has 0 radical (unpaired) electrons. The Morgan fingerprint density at radius 2 is 1.80 bits per heavy atom. The van der Waals surface area contributed by atoms with Gasteiger partial charge >= 0.3 is 0 Å². The quantitative estimate of drug-likeness (QED) is 0.390. The molecular weight excluding hydrogens is 410 g/mol. The van der Waals surface area contributed by atoms with Crippen LogP contribution in [0, 0.1) is 0 Å². The van der Waals surface area contributed by atoms with E-state index >= 15 is 0 Å². The average molecular weight is 436 g/mol. The third kappa shape index (κ3) is 5.18. The van der Waals surface area contributed by atoms with Crippen LogP contribution in [-0.2, 0) is 16.0 Å². The summed E-state index contributed by atoms with van der Waals surface area (Å²) in [5, 5.41) is 44.2. The zero-order chi connectivity index (χ0) is 21.7. The summed E-state index contributed by atoms with van der Waals surface area (Å²) in [5.41, 5.74) is 3.36. The van der Waals surface area contributed by atoms with E-state index in [4.69, 9.17) is 21.2 Å². The van der Waals surface area contributed by atoms with Gasteiger partial charge < -0.3 is 30.0 Å². The van der Waals surface area contributed by atoms with Crippen LogP contribution in [0.4, 0.5) is 0 Å². The highest BCUT2D eigenvalue weighted by Gasteiger charge is 2.43. The number of nitrogens with zero attached hydrogens (tertiary/aromatic N) is 1. The minimum absolute atomic E-state index is 0.471. The highest BCUT2D eigenvalue weighted by Crippen LogP contribution is 2.34. The lowest BCUT2D eigenvalue weighted by Gasteiger charge is -2.40.